The number of benzene rings is 1. The van der Waals surface area contributed by atoms with E-state index in [9.17, 15) is 0 Å². The maximum Gasteiger partial charge on any atom is 0.194 e. The minimum atomic E-state index is 0.563. The maximum absolute atomic E-state index is 5.69. The van der Waals surface area contributed by atoms with Crippen molar-refractivity contribution >= 4 is 11.6 Å². The van der Waals surface area contributed by atoms with Crippen LogP contribution in [0.1, 0.15) is 18.9 Å². The molecule has 0 spiro atoms. The summed E-state index contributed by atoms with van der Waals surface area (Å²) in [5.41, 5.74) is 2.43. The summed E-state index contributed by atoms with van der Waals surface area (Å²) in [6.45, 7) is 7.83. The SMILES string of the molecule is CCNC(=NCc1cccc(N(C)C)c1)N1CCC(COCCOC)C1. The summed E-state index contributed by atoms with van der Waals surface area (Å²) in [5, 5.41) is 3.43. The van der Waals surface area contributed by atoms with Crippen LogP contribution in [-0.4, -0.2) is 71.5 Å². The highest BCUT2D eigenvalue weighted by atomic mass is 16.5. The smallest absolute Gasteiger partial charge is 0.194 e. The Balaban J connectivity index is 1.91. The van der Waals surface area contributed by atoms with E-state index in [1.807, 2.05) is 0 Å². The van der Waals surface area contributed by atoms with Crippen LogP contribution in [0.3, 0.4) is 0 Å². The van der Waals surface area contributed by atoms with Crippen molar-refractivity contribution in [1.29, 1.82) is 0 Å². The molecule has 0 radical (unpaired) electrons. The number of likely N-dealkylation sites (tertiary alicyclic amines) is 1. The molecular formula is C20H34N4O2. The Labute approximate surface area is 158 Å². The molecule has 0 bridgehead atoms. The molecule has 0 aromatic heterocycles. The van der Waals surface area contributed by atoms with Crippen LogP contribution in [0.2, 0.25) is 0 Å². The van der Waals surface area contributed by atoms with Crippen LogP contribution in [0.15, 0.2) is 29.3 Å². The Morgan fingerprint density at radius 2 is 2.19 bits per heavy atom. The third-order valence-electron chi connectivity index (χ3n) is 4.54. The van der Waals surface area contributed by atoms with Gasteiger partial charge in [0.1, 0.15) is 0 Å². The summed E-state index contributed by atoms with van der Waals surface area (Å²) in [6.07, 6.45) is 1.15. The van der Waals surface area contributed by atoms with Crippen LogP contribution < -0.4 is 10.2 Å². The Hall–Kier alpha value is -1.79. The van der Waals surface area contributed by atoms with Gasteiger partial charge in [0.2, 0.25) is 0 Å². The van der Waals surface area contributed by atoms with E-state index in [1.54, 1.807) is 7.11 Å². The van der Waals surface area contributed by atoms with Gasteiger partial charge in [0, 0.05) is 52.4 Å². The summed E-state index contributed by atoms with van der Waals surface area (Å²) in [5.74, 6) is 1.56. The molecule has 1 atom stereocenters. The Morgan fingerprint density at radius 1 is 1.35 bits per heavy atom. The molecule has 1 N–H and O–H groups in total. The zero-order chi connectivity index (χ0) is 18.8. The van der Waals surface area contributed by atoms with Gasteiger partial charge in [-0.25, -0.2) is 4.99 Å². The number of methoxy groups -OCH3 is 1. The van der Waals surface area contributed by atoms with Gasteiger partial charge in [0.25, 0.3) is 0 Å². The molecule has 1 aromatic rings. The lowest BCUT2D eigenvalue weighted by molar-refractivity contribution is 0.0536. The molecule has 1 aliphatic rings. The summed E-state index contributed by atoms with van der Waals surface area (Å²) in [7, 11) is 5.82. The van der Waals surface area contributed by atoms with E-state index in [4.69, 9.17) is 14.5 Å². The molecule has 0 saturated carbocycles. The summed E-state index contributed by atoms with van der Waals surface area (Å²) < 4.78 is 10.7. The first-order valence-corrected chi connectivity index (χ1v) is 9.50. The van der Waals surface area contributed by atoms with E-state index in [0.29, 0.717) is 25.7 Å². The zero-order valence-electron chi connectivity index (χ0n) is 16.7. The zero-order valence-corrected chi connectivity index (χ0v) is 16.7. The van der Waals surface area contributed by atoms with Crippen molar-refractivity contribution in [2.24, 2.45) is 10.9 Å². The lowest BCUT2D eigenvalue weighted by Crippen LogP contribution is -2.40. The maximum atomic E-state index is 5.69. The van der Waals surface area contributed by atoms with Crippen LogP contribution in [0.5, 0.6) is 0 Å². The average Bonchev–Trinajstić information content (AvgIpc) is 3.11. The highest BCUT2D eigenvalue weighted by Crippen LogP contribution is 2.18. The van der Waals surface area contributed by atoms with Crippen LogP contribution in [0, 0.1) is 5.92 Å². The highest BCUT2D eigenvalue weighted by Gasteiger charge is 2.24. The third-order valence-corrected chi connectivity index (χ3v) is 4.54. The Kier molecular flexibility index (Phi) is 8.71. The van der Waals surface area contributed by atoms with Gasteiger partial charge in [-0.05, 0) is 31.0 Å². The largest absolute Gasteiger partial charge is 0.382 e. The third kappa shape index (κ3) is 6.50. The minimum Gasteiger partial charge on any atom is -0.382 e. The standard InChI is InChI=1S/C20H34N4O2/c1-5-21-20(22-14-17-7-6-8-19(13-17)23(2)3)24-10-9-18(15-24)16-26-12-11-25-4/h6-8,13,18H,5,9-12,14-16H2,1-4H3,(H,21,22). The van der Waals surface area contributed by atoms with Crippen molar-refractivity contribution in [1.82, 2.24) is 10.2 Å². The average molecular weight is 363 g/mol. The van der Waals surface area contributed by atoms with Crippen LogP contribution in [-0.2, 0) is 16.0 Å². The minimum absolute atomic E-state index is 0.563. The number of guanidine groups is 1. The topological polar surface area (TPSA) is 49.3 Å². The molecule has 0 amide bonds. The van der Waals surface area contributed by atoms with Gasteiger partial charge >= 0.3 is 0 Å². The van der Waals surface area contributed by atoms with Crippen molar-refractivity contribution in [3.8, 4) is 0 Å². The molecule has 146 valence electrons. The molecule has 2 rings (SSSR count). The first kappa shape index (κ1) is 20.5. The molecule has 6 nitrogen and oxygen atoms in total. The first-order valence-electron chi connectivity index (χ1n) is 9.50. The van der Waals surface area contributed by atoms with Gasteiger partial charge in [-0.2, -0.15) is 0 Å². The van der Waals surface area contributed by atoms with Crippen molar-refractivity contribution in [3.63, 3.8) is 0 Å². The lowest BCUT2D eigenvalue weighted by atomic mass is 10.1. The van der Waals surface area contributed by atoms with Gasteiger partial charge < -0.3 is 24.6 Å². The number of hydrogen-bond donors (Lipinski definition) is 1. The number of ether oxygens (including phenoxy) is 2. The fraction of sp³-hybridized carbons (Fsp3) is 0.650. The van der Waals surface area contributed by atoms with E-state index >= 15 is 0 Å². The Bertz CT molecular complexity index is 562. The molecule has 1 aliphatic heterocycles. The summed E-state index contributed by atoms with van der Waals surface area (Å²) >= 11 is 0. The van der Waals surface area contributed by atoms with Gasteiger partial charge in [0.15, 0.2) is 5.96 Å². The number of anilines is 1. The molecule has 1 heterocycles. The fourth-order valence-electron chi connectivity index (χ4n) is 3.08. The molecule has 1 unspecified atom stereocenters. The molecule has 1 fully saturated rings. The van der Waals surface area contributed by atoms with E-state index in [0.717, 1.165) is 38.6 Å². The van der Waals surface area contributed by atoms with Gasteiger partial charge in [-0.1, -0.05) is 12.1 Å². The Morgan fingerprint density at radius 3 is 2.92 bits per heavy atom. The van der Waals surface area contributed by atoms with Gasteiger partial charge in [0.05, 0.1) is 26.4 Å². The van der Waals surface area contributed by atoms with Crippen molar-refractivity contribution in [3.05, 3.63) is 29.8 Å². The number of nitrogens with one attached hydrogen (secondary N) is 1. The number of rotatable bonds is 9. The highest BCUT2D eigenvalue weighted by molar-refractivity contribution is 5.80. The second kappa shape index (κ2) is 11.0. The second-order valence-corrected chi connectivity index (χ2v) is 6.90. The predicted octanol–water partition coefficient (Wildman–Crippen LogP) is 2.20. The summed E-state index contributed by atoms with van der Waals surface area (Å²) in [6, 6.07) is 8.55. The van der Waals surface area contributed by atoms with E-state index in [2.05, 4.69) is 60.4 Å². The van der Waals surface area contributed by atoms with Crippen molar-refractivity contribution in [2.45, 2.75) is 19.9 Å². The second-order valence-electron chi connectivity index (χ2n) is 6.90. The van der Waals surface area contributed by atoms with Crippen LogP contribution >= 0.6 is 0 Å². The van der Waals surface area contributed by atoms with Crippen molar-refractivity contribution < 1.29 is 9.47 Å². The van der Waals surface area contributed by atoms with E-state index in [1.165, 1.54) is 11.3 Å². The van der Waals surface area contributed by atoms with Crippen LogP contribution in [0.4, 0.5) is 5.69 Å². The molecule has 0 aliphatic carbocycles. The molecule has 26 heavy (non-hydrogen) atoms. The number of hydrogen-bond acceptors (Lipinski definition) is 4. The van der Waals surface area contributed by atoms with Crippen LogP contribution in [0.25, 0.3) is 0 Å². The molecule has 1 saturated heterocycles. The fourth-order valence-corrected chi connectivity index (χ4v) is 3.08. The predicted molar refractivity (Wildman–Crippen MR) is 108 cm³/mol. The first-order chi connectivity index (χ1) is 12.6. The van der Waals surface area contributed by atoms with E-state index < -0.39 is 0 Å². The van der Waals surface area contributed by atoms with Gasteiger partial charge in [-0.3, -0.25) is 0 Å². The molecule has 6 heteroatoms. The number of nitrogens with zero attached hydrogens (tertiary/aromatic N) is 3. The van der Waals surface area contributed by atoms with Gasteiger partial charge in [-0.15, -0.1) is 0 Å². The number of aliphatic imine (C=N–C) groups is 1. The normalized spacial score (nSPS) is 17.6. The van der Waals surface area contributed by atoms with Crippen molar-refractivity contribution in [2.75, 3.05) is 65.6 Å². The van der Waals surface area contributed by atoms with E-state index in [-0.39, 0.29) is 0 Å². The summed E-state index contributed by atoms with van der Waals surface area (Å²) in [4.78, 5) is 9.33. The molecular weight excluding hydrogens is 328 g/mol. The molecule has 1 aromatic carbocycles. The lowest BCUT2D eigenvalue weighted by Gasteiger charge is -2.22. The monoisotopic (exact) mass is 362 g/mol. The quantitative estimate of drug-likeness (QED) is 0.415.